The van der Waals surface area contributed by atoms with Crippen LogP contribution in [0.2, 0.25) is 0 Å². The fourth-order valence-electron chi connectivity index (χ4n) is 3.08. The number of rotatable bonds is 6. The first-order valence-corrected chi connectivity index (χ1v) is 10.0. The third-order valence-electron chi connectivity index (χ3n) is 4.57. The van der Waals surface area contributed by atoms with Gasteiger partial charge in [0.25, 0.3) is 5.91 Å². The van der Waals surface area contributed by atoms with Gasteiger partial charge >= 0.3 is 5.63 Å². The first-order valence-electron chi connectivity index (χ1n) is 9.14. The lowest BCUT2D eigenvalue weighted by molar-refractivity contribution is 0.102. The number of methoxy groups -OCH3 is 3. The second kappa shape index (κ2) is 8.49. The Morgan fingerprint density at radius 2 is 1.74 bits per heavy atom. The maximum atomic E-state index is 12.8. The summed E-state index contributed by atoms with van der Waals surface area (Å²) in [5.74, 6) is 0.702. The van der Waals surface area contributed by atoms with E-state index in [4.69, 9.17) is 18.6 Å². The number of ether oxygens (including phenoxy) is 3. The molecular formula is C22H18N2O6S. The average Bonchev–Trinajstić information content (AvgIpc) is 3.25. The molecule has 0 saturated heterocycles. The van der Waals surface area contributed by atoms with Gasteiger partial charge in [0.15, 0.2) is 16.6 Å². The topological polar surface area (TPSA) is 99.9 Å². The second-order valence-corrected chi connectivity index (χ2v) is 7.25. The molecule has 1 amide bonds. The van der Waals surface area contributed by atoms with Crippen molar-refractivity contribution in [2.75, 3.05) is 26.6 Å². The second-order valence-electron chi connectivity index (χ2n) is 6.39. The molecule has 0 atom stereocenters. The number of nitrogens with zero attached hydrogens (tertiary/aromatic N) is 1. The molecule has 31 heavy (non-hydrogen) atoms. The number of nitrogens with one attached hydrogen (secondary N) is 1. The predicted octanol–water partition coefficient (Wildman–Crippen LogP) is 4.19. The molecule has 4 aromatic rings. The maximum absolute atomic E-state index is 12.8. The fraction of sp³-hybridized carbons (Fsp3) is 0.136. The summed E-state index contributed by atoms with van der Waals surface area (Å²) in [5.41, 5.74) is 1.05. The summed E-state index contributed by atoms with van der Waals surface area (Å²) in [6, 6.07) is 12.0. The van der Waals surface area contributed by atoms with Crippen LogP contribution in [0.3, 0.4) is 0 Å². The molecule has 0 saturated carbocycles. The van der Waals surface area contributed by atoms with Gasteiger partial charge in [0.1, 0.15) is 5.58 Å². The molecule has 0 aliphatic carbocycles. The van der Waals surface area contributed by atoms with E-state index in [9.17, 15) is 9.59 Å². The molecule has 9 heteroatoms. The molecule has 1 N–H and O–H groups in total. The third kappa shape index (κ3) is 3.95. The van der Waals surface area contributed by atoms with Crippen molar-refractivity contribution in [2.45, 2.75) is 0 Å². The number of benzene rings is 2. The Balaban J connectivity index is 1.62. The van der Waals surface area contributed by atoms with Gasteiger partial charge in [-0.2, -0.15) is 0 Å². The first kappa shape index (κ1) is 20.4. The van der Waals surface area contributed by atoms with Gasteiger partial charge in [-0.1, -0.05) is 18.2 Å². The Labute approximate surface area is 181 Å². The summed E-state index contributed by atoms with van der Waals surface area (Å²) in [5, 5.41) is 5.54. The number of hydrogen-bond donors (Lipinski definition) is 1. The summed E-state index contributed by atoms with van der Waals surface area (Å²) < 4.78 is 21.2. The maximum Gasteiger partial charge on any atom is 0.345 e. The number of aromatic nitrogens is 1. The minimum Gasteiger partial charge on any atom is -0.493 e. The number of amides is 1. The van der Waals surface area contributed by atoms with E-state index in [2.05, 4.69) is 10.3 Å². The van der Waals surface area contributed by atoms with Gasteiger partial charge in [-0.3, -0.25) is 10.1 Å². The highest BCUT2D eigenvalue weighted by Gasteiger charge is 2.18. The van der Waals surface area contributed by atoms with Crippen LogP contribution in [0, 0.1) is 0 Å². The van der Waals surface area contributed by atoms with Crippen LogP contribution in [0.1, 0.15) is 10.4 Å². The Hall–Kier alpha value is -3.85. The number of anilines is 1. The zero-order valence-electron chi connectivity index (χ0n) is 16.9. The Kier molecular flexibility index (Phi) is 5.59. The van der Waals surface area contributed by atoms with E-state index in [1.54, 1.807) is 35.7 Å². The highest BCUT2D eigenvalue weighted by atomic mass is 32.1. The van der Waals surface area contributed by atoms with Gasteiger partial charge in [0.05, 0.1) is 32.6 Å². The zero-order valence-corrected chi connectivity index (χ0v) is 17.7. The number of carbonyl (C=O) groups excluding carboxylic acids is 1. The SMILES string of the molecule is COc1cc(C(=O)Nc2nc(-c3cc4ccccc4oc3=O)cs2)cc(OC)c1OC. The van der Waals surface area contributed by atoms with Crippen LogP contribution >= 0.6 is 11.3 Å². The van der Waals surface area contributed by atoms with E-state index in [1.165, 1.54) is 32.7 Å². The molecule has 158 valence electrons. The van der Waals surface area contributed by atoms with Crippen molar-refractivity contribution < 1.29 is 23.4 Å². The fourth-order valence-corrected chi connectivity index (χ4v) is 3.78. The normalized spacial score (nSPS) is 10.7. The van der Waals surface area contributed by atoms with Crippen molar-refractivity contribution in [1.29, 1.82) is 0 Å². The monoisotopic (exact) mass is 438 g/mol. The van der Waals surface area contributed by atoms with Crippen molar-refractivity contribution in [3.05, 3.63) is 63.8 Å². The van der Waals surface area contributed by atoms with Crippen molar-refractivity contribution in [3.63, 3.8) is 0 Å². The van der Waals surface area contributed by atoms with Gasteiger partial charge in [0.2, 0.25) is 5.75 Å². The molecule has 2 aromatic heterocycles. The molecule has 0 fully saturated rings. The van der Waals surface area contributed by atoms with Crippen molar-refractivity contribution >= 4 is 33.3 Å². The lowest BCUT2D eigenvalue weighted by Crippen LogP contribution is -2.12. The Morgan fingerprint density at radius 3 is 2.42 bits per heavy atom. The van der Waals surface area contributed by atoms with E-state index in [0.717, 1.165) is 5.39 Å². The molecule has 8 nitrogen and oxygen atoms in total. The highest BCUT2D eigenvalue weighted by Crippen LogP contribution is 2.38. The van der Waals surface area contributed by atoms with Gasteiger partial charge < -0.3 is 18.6 Å². The zero-order chi connectivity index (χ0) is 22.0. The molecule has 0 radical (unpaired) electrons. The lowest BCUT2D eigenvalue weighted by atomic mass is 10.1. The molecule has 2 aromatic carbocycles. The lowest BCUT2D eigenvalue weighted by Gasteiger charge is -2.13. The Morgan fingerprint density at radius 1 is 1.03 bits per heavy atom. The summed E-state index contributed by atoms with van der Waals surface area (Å²) in [6.45, 7) is 0. The average molecular weight is 438 g/mol. The molecule has 4 rings (SSSR count). The van der Waals surface area contributed by atoms with Gasteiger partial charge in [-0.05, 0) is 24.3 Å². The molecule has 0 spiro atoms. The van der Waals surface area contributed by atoms with Crippen molar-refractivity contribution in [2.24, 2.45) is 0 Å². The van der Waals surface area contributed by atoms with Crippen molar-refractivity contribution in [1.82, 2.24) is 4.98 Å². The predicted molar refractivity (Wildman–Crippen MR) is 118 cm³/mol. The van der Waals surface area contributed by atoms with Crippen LogP contribution in [-0.2, 0) is 0 Å². The number of fused-ring (bicyclic) bond motifs is 1. The van der Waals surface area contributed by atoms with Gasteiger partial charge in [0, 0.05) is 16.3 Å². The van der Waals surface area contributed by atoms with Crippen LogP contribution in [0.4, 0.5) is 5.13 Å². The van der Waals surface area contributed by atoms with E-state index in [-0.39, 0.29) is 0 Å². The summed E-state index contributed by atoms with van der Waals surface area (Å²) in [7, 11) is 4.43. The largest absolute Gasteiger partial charge is 0.493 e. The number of para-hydroxylation sites is 1. The van der Waals surface area contributed by atoms with Crippen LogP contribution in [0.5, 0.6) is 17.2 Å². The molecule has 0 aliphatic rings. The molecule has 2 heterocycles. The summed E-state index contributed by atoms with van der Waals surface area (Å²) in [6.07, 6.45) is 0. The van der Waals surface area contributed by atoms with E-state index in [0.29, 0.717) is 44.8 Å². The van der Waals surface area contributed by atoms with E-state index >= 15 is 0 Å². The van der Waals surface area contributed by atoms with Crippen LogP contribution in [-0.4, -0.2) is 32.2 Å². The van der Waals surface area contributed by atoms with Crippen molar-refractivity contribution in [3.8, 4) is 28.5 Å². The van der Waals surface area contributed by atoms with Gasteiger partial charge in [-0.25, -0.2) is 9.78 Å². The smallest absolute Gasteiger partial charge is 0.345 e. The quantitative estimate of drug-likeness (QED) is 0.451. The minimum atomic E-state index is -0.494. The third-order valence-corrected chi connectivity index (χ3v) is 5.33. The highest BCUT2D eigenvalue weighted by molar-refractivity contribution is 7.14. The van der Waals surface area contributed by atoms with E-state index in [1.807, 2.05) is 12.1 Å². The summed E-state index contributed by atoms with van der Waals surface area (Å²) >= 11 is 1.20. The Bertz CT molecular complexity index is 1300. The number of thiazole rings is 1. The summed E-state index contributed by atoms with van der Waals surface area (Å²) in [4.78, 5) is 29.5. The van der Waals surface area contributed by atoms with Crippen LogP contribution in [0.25, 0.3) is 22.2 Å². The molecule has 0 bridgehead atoms. The minimum absolute atomic E-state index is 0.302. The van der Waals surface area contributed by atoms with E-state index < -0.39 is 11.5 Å². The molecular weight excluding hydrogens is 420 g/mol. The van der Waals surface area contributed by atoms with Gasteiger partial charge in [-0.15, -0.1) is 11.3 Å². The van der Waals surface area contributed by atoms with Crippen LogP contribution < -0.4 is 25.2 Å². The first-order chi connectivity index (χ1) is 15.0. The molecule has 0 aliphatic heterocycles. The molecule has 0 unspecified atom stereocenters. The standard InChI is InChI=1S/C22H18N2O6S/c1-27-17-9-13(10-18(28-2)19(17)29-3)20(25)24-22-23-15(11-31-22)14-8-12-6-4-5-7-16(12)30-21(14)26/h4-11H,1-3H3,(H,23,24,25). The number of carbonyl (C=O) groups is 1. The van der Waals surface area contributed by atoms with Crippen LogP contribution in [0.15, 0.2) is 57.1 Å². The number of hydrogen-bond acceptors (Lipinski definition) is 8.